The van der Waals surface area contributed by atoms with Gasteiger partial charge in [0.15, 0.2) is 17.6 Å². The van der Waals surface area contributed by atoms with Gasteiger partial charge in [-0.3, -0.25) is 0 Å². The lowest BCUT2D eigenvalue weighted by Crippen LogP contribution is -2.34. The zero-order valence-corrected chi connectivity index (χ0v) is 19.9. The second-order valence-electron chi connectivity index (χ2n) is 8.37. The summed E-state index contributed by atoms with van der Waals surface area (Å²) in [4.78, 5) is 0. The van der Waals surface area contributed by atoms with Gasteiger partial charge < -0.3 is 9.47 Å². The van der Waals surface area contributed by atoms with Crippen molar-refractivity contribution in [1.29, 1.82) is 5.26 Å². The van der Waals surface area contributed by atoms with Gasteiger partial charge in [-0.2, -0.15) is 9.83 Å². The lowest BCUT2D eigenvalue weighted by atomic mass is 9.92. The van der Waals surface area contributed by atoms with Gasteiger partial charge in [0, 0.05) is 0 Å². The molecule has 0 saturated carbocycles. The predicted octanol–water partition coefficient (Wildman–Crippen LogP) is 6.55. The standard InChI is InChI=1S/C31H25N2O2/c1-33-28-19-31(35-3)30(34-2)18-26(28)17-27(29(33)20-32)25-15-23(21-10-6-4-7-11-21)14-24(16-25)22-12-8-5-9-13-22/h4-19H,1-3H3/q+1. The molecule has 4 aromatic carbocycles. The highest BCUT2D eigenvalue weighted by Gasteiger charge is 2.22. The number of fused-ring (bicyclic) bond motifs is 1. The van der Waals surface area contributed by atoms with Crippen LogP contribution in [0.1, 0.15) is 5.69 Å². The minimum absolute atomic E-state index is 0.578. The fraction of sp³-hybridized carbons (Fsp3) is 0.0968. The molecule has 0 aliphatic carbocycles. The summed E-state index contributed by atoms with van der Waals surface area (Å²) in [5.74, 6) is 1.28. The Morgan fingerprint density at radius 3 is 1.66 bits per heavy atom. The third-order valence-electron chi connectivity index (χ3n) is 6.35. The van der Waals surface area contributed by atoms with Crippen LogP contribution in [0.25, 0.3) is 44.3 Å². The molecule has 0 N–H and O–H groups in total. The highest BCUT2D eigenvalue weighted by Crippen LogP contribution is 2.37. The molecule has 0 radical (unpaired) electrons. The fourth-order valence-corrected chi connectivity index (χ4v) is 4.55. The average molecular weight is 458 g/mol. The van der Waals surface area contributed by atoms with E-state index in [1.165, 1.54) is 0 Å². The number of hydrogen-bond acceptors (Lipinski definition) is 3. The van der Waals surface area contributed by atoms with Crippen LogP contribution in [-0.2, 0) is 7.05 Å². The Morgan fingerprint density at radius 2 is 1.14 bits per heavy atom. The molecule has 0 saturated heterocycles. The van der Waals surface area contributed by atoms with Gasteiger partial charge >= 0.3 is 0 Å². The molecule has 4 nitrogen and oxygen atoms in total. The first-order valence-corrected chi connectivity index (χ1v) is 11.4. The zero-order valence-electron chi connectivity index (χ0n) is 19.9. The van der Waals surface area contributed by atoms with E-state index in [0.29, 0.717) is 17.2 Å². The monoisotopic (exact) mass is 457 g/mol. The summed E-state index contributed by atoms with van der Waals surface area (Å²) in [5, 5.41) is 11.2. The molecule has 0 fully saturated rings. The van der Waals surface area contributed by atoms with E-state index >= 15 is 0 Å². The Balaban J connectivity index is 1.81. The van der Waals surface area contributed by atoms with Crippen molar-refractivity contribution in [2.24, 2.45) is 7.05 Å². The normalized spacial score (nSPS) is 10.7. The summed E-state index contributed by atoms with van der Waals surface area (Å²) in [5.41, 5.74) is 7.77. The van der Waals surface area contributed by atoms with E-state index in [9.17, 15) is 5.26 Å². The molecule has 5 rings (SSSR count). The molecule has 1 heterocycles. The number of hydrogen-bond donors (Lipinski definition) is 0. The number of methoxy groups -OCH3 is 2. The summed E-state index contributed by atoms with van der Waals surface area (Å²) in [7, 11) is 5.16. The maximum absolute atomic E-state index is 10.2. The maximum atomic E-state index is 10.2. The van der Waals surface area contributed by atoms with Crippen molar-refractivity contribution < 1.29 is 14.0 Å². The summed E-state index contributed by atoms with van der Waals surface area (Å²) in [6.45, 7) is 0. The van der Waals surface area contributed by atoms with Crippen molar-refractivity contribution in [2.75, 3.05) is 14.2 Å². The molecule has 35 heavy (non-hydrogen) atoms. The molecule has 0 aliphatic rings. The van der Waals surface area contributed by atoms with Crippen molar-refractivity contribution in [3.63, 3.8) is 0 Å². The Kier molecular flexibility index (Phi) is 5.91. The number of rotatable bonds is 5. The fourth-order valence-electron chi connectivity index (χ4n) is 4.55. The van der Waals surface area contributed by atoms with E-state index in [2.05, 4.69) is 54.6 Å². The maximum Gasteiger partial charge on any atom is 0.291 e. The first-order chi connectivity index (χ1) is 17.1. The molecule has 0 atom stereocenters. The third-order valence-corrected chi connectivity index (χ3v) is 6.35. The molecule has 4 heteroatoms. The van der Waals surface area contributed by atoms with Gasteiger partial charge in [0.1, 0.15) is 7.05 Å². The molecule has 170 valence electrons. The molecule has 0 unspecified atom stereocenters. The second kappa shape index (κ2) is 9.32. The number of ether oxygens (including phenoxy) is 2. The van der Waals surface area contributed by atoms with E-state index in [0.717, 1.165) is 44.3 Å². The molecule has 0 aliphatic heterocycles. The highest BCUT2D eigenvalue weighted by molar-refractivity contribution is 5.88. The SMILES string of the molecule is COc1cc2cc(-c3cc(-c4ccccc4)cc(-c4ccccc4)c3)c(C#N)[n+](C)c2cc1OC. The summed E-state index contributed by atoms with van der Waals surface area (Å²) in [6.07, 6.45) is 0. The Hall–Kier alpha value is -4.62. The van der Waals surface area contributed by atoms with Crippen molar-refractivity contribution in [1.82, 2.24) is 0 Å². The van der Waals surface area contributed by atoms with Crippen LogP contribution in [0.3, 0.4) is 0 Å². The number of nitrogens with zero attached hydrogens (tertiary/aromatic N) is 2. The summed E-state index contributed by atoms with van der Waals surface area (Å²) < 4.78 is 13.0. The number of benzene rings is 4. The van der Waals surface area contributed by atoms with Crippen molar-refractivity contribution in [3.05, 3.63) is 103 Å². The Bertz CT molecular complexity index is 1510. The van der Waals surface area contributed by atoms with Crippen molar-refractivity contribution >= 4 is 10.9 Å². The zero-order chi connectivity index (χ0) is 24.4. The van der Waals surface area contributed by atoms with Gasteiger partial charge in [0.05, 0.1) is 31.2 Å². The van der Waals surface area contributed by atoms with Crippen LogP contribution in [0, 0.1) is 11.3 Å². The molecular weight excluding hydrogens is 432 g/mol. The Labute approximate surface area is 205 Å². The van der Waals surface area contributed by atoms with Crippen LogP contribution < -0.4 is 14.0 Å². The lowest BCUT2D eigenvalue weighted by molar-refractivity contribution is -0.647. The van der Waals surface area contributed by atoms with E-state index < -0.39 is 0 Å². The van der Waals surface area contributed by atoms with Crippen LogP contribution in [0.2, 0.25) is 0 Å². The highest BCUT2D eigenvalue weighted by atomic mass is 16.5. The third kappa shape index (κ3) is 4.09. The minimum atomic E-state index is 0.578. The predicted molar refractivity (Wildman–Crippen MR) is 139 cm³/mol. The second-order valence-corrected chi connectivity index (χ2v) is 8.37. The van der Waals surface area contributed by atoms with E-state index in [1.54, 1.807) is 14.2 Å². The minimum Gasteiger partial charge on any atom is -0.493 e. The summed E-state index contributed by atoms with van der Waals surface area (Å²) >= 11 is 0. The van der Waals surface area contributed by atoms with Crippen LogP contribution in [0.4, 0.5) is 0 Å². The van der Waals surface area contributed by atoms with E-state index in [-0.39, 0.29) is 0 Å². The average Bonchev–Trinajstić information content (AvgIpc) is 2.93. The molecule has 0 amide bonds. The van der Waals surface area contributed by atoms with Gasteiger partial charge in [-0.1, -0.05) is 60.7 Å². The smallest absolute Gasteiger partial charge is 0.291 e. The Morgan fingerprint density at radius 1 is 0.629 bits per heavy atom. The van der Waals surface area contributed by atoms with Gasteiger partial charge in [-0.05, 0) is 58.1 Å². The first-order valence-electron chi connectivity index (χ1n) is 11.4. The van der Waals surface area contributed by atoms with E-state index in [4.69, 9.17) is 9.47 Å². The molecule has 1 aromatic heterocycles. The molecule has 0 bridgehead atoms. The largest absolute Gasteiger partial charge is 0.493 e. The van der Waals surface area contributed by atoms with Crippen LogP contribution in [0.15, 0.2) is 97.1 Å². The lowest BCUT2D eigenvalue weighted by Gasteiger charge is -2.13. The number of aryl methyl sites for hydroxylation is 1. The van der Waals surface area contributed by atoms with Crippen LogP contribution >= 0.6 is 0 Å². The topological polar surface area (TPSA) is 46.1 Å². The van der Waals surface area contributed by atoms with Crippen LogP contribution in [-0.4, -0.2) is 14.2 Å². The number of aromatic nitrogens is 1. The van der Waals surface area contributed by atoms with Gasteiger partial charge in [0.25, 0.3) is 5.69 Å². The first kappa shape index (κ1) is 22.2. The van der Waals surface area contributed by atoms with E-state index in [1.807, 2.05) is 60.1 Å². The number of nitriles is 1. The molecule has 0 spiro atoms. The molecule has 5 aromatic rings. The van der Waals surface area contributed by atoms with Gasteiger partial charge in [-0.15, -0.1) is 0 Å². The van der Waals surface area contributed by atoms with Gasteiger partial charge in [0.2, 0.25) is 5.52 Å². The van der Waals surface area contributed by atoms with Gasteiger partial charge in [-0.25, -0.2) is 0 Å². The van der Waals surface area contributed by atoms with Crippen molar-refractivity contribution in [2.45, 2.75) is 0 Å². The summed E-state index contributed by atoms with van der Waals surface area (Å²) in [6, 6.07) is 35.5. The molecular formula is C31H25N2O2+. The van der Waals surface area contributed by atoms with Crippen LogP contribution in [0.5, 0.6) is 11.5 Å². The quantitative estimate of drug-likeness (QED) is 0.281. The number of pyridine rings is 1. The van der Waals surface area contributed by atoms with Crippen molar-refractivity contribution in [3.8, 4) is 50.9 Å².